The maximum Gasteiger partial charge on any atom is 0.294 e. The van der Waals surface area contributed by atoms with Crippen molar-refractivity contribution in [1.29, 1.82) is 0 Å². The standard InChI is InChI=1S/C27H35ClFN3O5S/c1-7-27(3,29)17(2)12-18-8-10-31(11-9-18)25(34)20-13-19-21(24(33)26(35)30(4)5)15-32(16-38(6,36)37)23(19)14-22(20)28/h7,13-15,17-18H,1,8-12,16H2,2-6H3/t17-,27?/m0/s1. The van der Waals surface area contributed by atoms with Gasteiger partial charge in [0.25, 0.3) is 17.6 Å². The Balaban J connectivity index is 1.91. The molecule has 0 spiro atoms. The normalized spacial score (nSPS) is 17.2. The van der Waals surface area contributed by atoms with Crippen LogP contribution in [0.5, 0.6) is 0 Å². The monoisotopic (exact) mass is 567 g/mol. The molecule has 1 aliphatic heterocycles. The van der Waals surface area contributed by atoms with Gasteiger partial charge < -0.3 is 14.4 Å². The second kappa shape index (κ2) is 11.2. The van der Waals surface area contributed by atoms with Crippen LogP contribution < -0.4 is 0 Å². The molecule has 208 valence electrons. The Labute approximate surface area is 228 Å². The van der Waals surface area contributed by atoms with Crippen LogP contribution in [0.15, 0.2) is 31.0 Å². The fourth-order valence-corrected chi connectivity index (χ4v) is 5.76. The van der Waals surface area contributed by atoms with Gasteiger partial charge >= 0.3 is 0 Å². The highest BCUT2D eigenvalue weighted by molar-refractivity contribution is 7.89. The van der Waals surface area contributed by atoms with Gasteiger partial charge in [-0.1, -0.05) is 31.2 Å². The Morgan fingerprint density at radius 2 is 1.84 bits per heavy atom. The number of hydrogen-bond donors (Lipinski definition) is 0. The Morgan fingerprint density at radius 3 is 2.37 bits per heavy atom. The number of likely N-dealkylation sites (N-methyl/N-ethyl adjacent to an activating group) is 1. The predicted molar refractivity (Wildman–Crippen MR) is 147 cm³/mol. The molecule has 0 bridgehead atoms. The maximum absolute atomic E-state index is 14.6. The molecule has 38 heavy (non-hydrogen) atoms. The maximum atomic E-state index is 14.6. The van der Waals surface area contributed by atoms with E-state index in [1.165, 1.54) is 50.0 Å². The van der Waals surface area contributed by atoms with E-state index in [0.29, 0.717) is 25.0 Å². The number of Topliss-reactive ketones (excluding diaryl/α,β-unsaturated/α-hetero) is 1. The molecule has 8 nitrogen and oxygen atoms in total. The van der Waals surface area contributed by atoms with E-state index in [4.69, 9.17) is 11.6 Å². The number of alkyl halides is 1. The van der Waals surface area contributed by atoms with E-state index < -0.39 is 33.1 Å². The minimum absolute atomic E-state index is 0.00254. The highest BCUT2D eigenvalue weighted by atomic mass is 35.5. The van der Waals surface area contributed by atoms with Crippen LogP contribution in [0.25, 0.3) is 10.9 Å². The van der Waals surface area contributed by atoms with Crippen molar-refractivity contribution in [3.63, 3.8) is 0 Å². The molecular weight excluding hydrogens is 533 g/mol. The Hall–Kier alpha value is -2.72. The second-order valence-electron chi connectivity index (χ2n) is 10.7. The minimum atomic E-state index is -3.49. The topological polar surface area (TPSA) is 96.8 Å². The highest BCUT2D eigenvalue weighted by Crippen LogP contribution is 2.34. The molecule has 2 aromatic rings. The third kappa shape index (κ3) is 6.46. The summed E-state index contributed by atoms with van der Waals surface area (Å²) in [6.07, 6.45) is 5.83. The number of piperidine rings is 1. The first-order valence-corrected chi connectivity index (χ1v) is 14.9. The van der Waals surface area contributed by atoms with E-state index in [9.17, 15) is 27.2 Å². The summed E-state index contributed by atoms with van der Waals surface area (Å²) in [7, 11) is -0.606. The van der Waals surface area contributed by atoms with Crippen LogP contribution in [0.2, 0.25) is 5.02 Å². The number of sulfone groups is 1. The average Bonchev–Trinajstić information content (AvgIpc) is 3.17. The molecule has 1 aromatic carbocycles. The van der Waals surface area contributed by atoms with Gasteiger partial charge in [-0.05, 0) is 50.2 Å². The van der Waals surface area contributed by atoms with Gasteiger partial charge in [-0.15, -0.1) is 0 Å². The lowest BCUT2D eigenvalue weighted by Gasteiger charge is -2.35. The molecule has 1 fully saturated rings. The molecule has 0 radical (unpaired) electrons. The van der Waals surface area contributed by atoms with Crippen molar-refractivity contribution in [1.82, 2.24) is 14.4 Å². The SMILES string of the molecule is C=CC(C)(F)[C@@H](C)CC1CCN(C(=O)c2cc3c(C(=O)C(=O)N(C)C)cn(CS(C)(=O)=O)c3cc2Cl)CC1. The van der Waals surface area contributed by atoms with Gasteiger partial charge in [-0.25, -0.2) is 12.8 Å². The number of halogens is 2. The van der Waals surface area contributed by atoms with Gasteiger partial charge in [0.2, 0.25) is 0 Å². The van der Waals surface area contributed by atoms with Crippen LogP contribution in [0.4, 0.5) is 4.39 Å². The number of benzene rings is 1. The number of ketones is 1. The molecule has 1 unspecified atom stereocenters. The Morgan fingerprint density at radius 1 is 1.24 bits per heavy atom. The van der Waals surface area contributed by atoms with Crippen molar-refractivity contribution in [2.45, 2.75) is 44.7 Å². The summed E-state index contributed by atoms with van der Waals surface area (Å²) in [4.78, 5) is 41.6. The minimum Gasteiger partial charge on any atom is -0.342 e. The zero-order valence-electron chi connectivity index (χ0n) is 22.5. The lowest BCUT2D eigenvalue weighted by atomic mass is 9.81. The molecular formula is C27H35ClFN3O5S. The van der Waals surface area contributed by atoms with Gasteiger partial charge in [0.1, 0.15) is 11.5 Å². The number of nitrogens with zero attached hydrogens (tertiary/aromatic N) is 3. The van der Waals surface area contributed by atoms with Crippen LogP contribution in [0, 0.1) is 11.8 Å². The van der Waals surface area contributed by atoms with E-state index >= 15 is 0 Å². The smallest absolute Gasteiger partial charge is 0.294 e. The number of fused-ring (bicyclic) bond motifs is 1. The van der Waals surface area contributed by atoms with Gasteiger partial charge in [-0.2, -0.15) is 0 Å². The summed E-state index contributed by atoms with van der Waals surface area (Å²) in [6.45, 7) is 7.92. The van der Waals surface area contributed by atoms with Crippen LogP contribution in [-0.2, 0) is 20.5 Å². The number of hydrogen-bond acceptors (Lipinski definition) is 5. The average molecular weight is 568 g/mol. The second-order valence-corrected chi connectivity index (χ2v) is 13.2. The molecule has 2 atom stereocenters. The van der Waals surface area contributed by atoms with E-state index in [1.54, 1.807) is 4.90 Å². The van der Waals surface area contributed by atoms with Crippen molar-refractivity contribution >= 4 is 49.9 Å². The number of amides is 2. The number of carbonyl (C=O) groups is 3. The van der Waals surface area contributed by atoms with Crippen molar-refractivity contribution in [3.05, 3.63) is 47.1 Å². The first-order chi connectivity index (χ1) is 17.6. The van der Waals surface area contributed by atoms with Crippen LogP contribution in [0.1, 0.15) is 53.8 Å². The number of likely N-dealkylation sites (tertiary alicyclic amines) is 1. The van der Waals surface area contributed by atoms with Crippen molar-refractivity contribution < 1.29 is 27.2 Å². The quantitative estimate of drug-likeness (QED) is 0.255. The molecule has 2 amide bonds. The zero-order chi connectivity index (χ0) is 28.6. The van der Waals surface area contributed by atoms with Crippen molar-refractivity contribution in [2.24, 2.45) is 11.8 Å². The molecule has 11 heteroatoms. The molecule has 1 aliphatic rings. The summed E-state index contributed by atoms with van der Waals surface area (Å²) in [6, 6.07) is 2.92. The van der Waals surface area contributed by atoms with Crippen LogP contribution >= 0.6 is 11.6 Å². The van der Waals surface area contributed by atoms with Crippen molar-refractivity contribution in [3.8, 4) is 0 Å². The number of aromatic nitrogens is 1. The predicted octanol–water partition coefficient (Wildman–Crippen LogP) is 4.36. The summed E-state index contributed by atoms with van der Waals surface area (Å²) in [5.74, 6) is -2.26. The first kappa shape index (κ1) is 29.8. The summed E-state index contributed by atoms with van der Waals surface area (Å²) >= 11 is 6.50. The fraction of sp³-hybridized carbons (Fsp3) is 0.519. The number of allylic oxidation sites excluding steroid dienone is 1. The molecule has 1 aromatic heterocycles. The molecule has 0 saturated carbocycles. The Kier molecular flexibility index (Phi) is 8.77. The largest absolute Gasteiger partial charge is 0.342 e. The number of rotatable bonds is 9. The summed E-state index contributed by atoms with van der Waals surface area (Å²) in [5.41, 5.74) is -0.960. The van der Waals surface area contributed by atoms with Crippen molar-refractivity contribution in [2.75, 3.05) is 33.4 Å². The summed E-state index contributed by atoms with van der Waals surface area (Å²) in [5, 5.41) is 0.389. The molecule has 3 rings (SSSR count). The highest BCUT2D eigenvalue weighted by Gasteiger charge is 2.32. The van der Waals surface area contributed by atoms with Gasteiger partial charge in [-0.3, -0.25) is 14.4 Å². The molecule has 0 aliphatic carbocycles. The molecule has 0 N–H and O–H groups in total. The van der Waals surface area contributed by atoms with E-state index in [2.05, 4.69) is 6.58 Å². The van der Waals surface area contributed by atoms with Crippen LogP contribution in [0.3, 0.4) is 0 Å². The lowest BCUT2D eigenvalue weighted by Crippen LogP contribution is -2.39. The van der Waals surface area contributed by atoms with E-state index in [0.717, 1.165) is 24.0 Å². The number of carbonyl (C=O) groups excluding carboxylic acids is 3. The molecule has 1 saturated heterocycles. The Bertz CT molecular complexity index is 1370. The van der Waals surface area contributed by atoms with Gasteiger partial charge in [0.15, 0.2) is 9.84 Å². The van der Waals surface area contributed by atoms with E-state index in [1.807, 2.05) is 6.92 Å². The first-order valence-electron chi connectivity index (χ1n) is 12.4. The summed E-state index contributed by atoms with van der Waals surface area (Å²) < 4.78 is 39.9. The lowest BCUT2D eigenvalue weighted by molar-refractivity contribution is -0.124. The van der Waals surface area contributed by atoms with E-state index in [-0.39, 0.29) is 39.3 Å². The third-order valence-electron chi connectivity index (χ3n) is 7.37. The third-order valence-corrected chi connectivity index (χ3v) is 8.43. The zero-order valence-corrected chi connectivity index (χ0v) is 24.0. The van der Waals surface area contributed by atoms with Gasteiger partial charge in [0, 0.05) is 45.0 Å². The van der Waals surface area contributed by atoms with Crippen LogP contribution in [-0.4, -0.2) is 79.5 Å². The fourth-order valence-electron chi connectivity index (χ4n) is 4.81. The van der Waals surface area contributed by atoms with Gasteiger partial charge in [0.05, 0.1) is 21.7 Å². The molecule has 2 heterocycles.